The molecule has 0 aliphatic rings. The Labute approximate surface area is 123 Å². The van der Waals surface area contributed by atoms with E-state index in [1.54, 1.807) is 12.1 Å². The fourth-order valence-corrected chi connectivity index (χ4v) is 3.47. The Balaban J connectivity index is 2.42. The fraction of sp³-hybridized carbons (Fsp3) is 0.231. The second-order valence-corrected chi connectivity index (χ2v) is 6.49. The summed E-state index contributed by atoms with van der Waals surface area (Å²) >= 11 is 5.00. The summed E-state index contributed by atoms with van der Waals surface area (Å²) < 4.78 is 20.1. The largest absolute Gasteiger partial charge is 0.497 e. The van der Waals surface area contributed by atoms with Crippen molar-refractivity contribution in [2.75, 3.05) is 7.11 Å². The van der Waals surface area contributed by atoms with Gasteiger partial charge < -0.3 is 4.74 Å². The first kappa shape index (κ1) is 14.5. The van der Waals surface area contributed by atoms with Crippen LogP contribution in [0.4, 0.5) is 4.39 Å². The molecule has 0 fully saturated rings. The normalized spacial score (nSPS) is 12.5. The molecule has 0 aliphatic heterocycles. The minimum Gasteiger partial charge on any atom is -0.497 e. The predicted molar refractivity (Wildman–Crippen MR) is 78.9 cm³/mol. The molecule has 1 aromatic carbocycles. The van der Waals surface area contributed by atoms with E-state index >= 15 is 0 Å². The van der Waals surface area contributed by atoms with Crippen LogP contribution in [0.3, 0.4) is 0 Å². The minimum atomic E-state index is -0.374. The van der Waals surface area contributed by atoms with E-state index in [1.165, 1.54) is 24.5 Å². The van der Waals surface area contributed by atoms with Crippen molar-refractivity contribution in [1.82, 2.24) is 5.43 Å². The van der Waals surface area contributed by atoms with Gasteiger partial charge in [0.25, 0.3) is 0 Å². The third-order valence-electron chi connectivity index (χ3n) is 2.85. The number of hydrazine groups is 1. The monoisotopic (exact) mass is 344 g/mol. The molecule has 19 heavy (non-hydrogen) atoms. The third-order valence-corrected chi connectivity index (χ3v) is 5.05. The van der Waals surface area contributed by atoms with E-state index in [2.05, 4.69) is 21.4 Å². The Kier molecular flexibility index (Phi) is 4.57. The molecule has 0 radical (unpaired) electrons. The Morgan fingerprint density at radius 1 is 1.42 bits per heavy atom. The summed E-state index contributed by atoms with van der Waals surface area (Å²) in [6.07, 6.45) is 0. The zero-order valence-corrected chi connectivity index (χ0v) is 12.9. The first-order chi connectivity index (χ1) is 9.06. The smallest absolute Gasteiger partial charge is 0.132 e. The van der Waals surface area contributed by atoms with Crippen molar-refractivity contribution in [3.05, 3.63) is 49.9 Å². The Bertz CT molecular complexity index is 569. The molecule has 3 N–H and O–H groups in total. The van der Waals surface area contributed by atoms with Crippen LogP contribution in [0.2, 0.25) is 0 Å². The van der Waals surface area contributed by atoms with E-state index < -0.39 is 0 Å². The maximum atomic E-state index is 14.1. The van der Waals surface area contributed by atoms with Gasteiger partial charge in [0.05, 0.1) is 16.9 Å². The number of thiophene rings is 1. The number of hydrogen-bond donors (Lipinski definition) is 2. The van der Waals surface area contributed by atoms with E-state index in [1.807, 2.05) is 13.0 Å². The molecular weight excluding hydrogens is 331 g/mol. The predicted octanol–water partition coefficient (Wildman–Crippen LogP) is 3.52. The lowest BCUT2D eigenvalue weighted by Crippen LogP contribution is -2.28. The molecule has 3 nitrogen and oxygen atoms in total. The number of ether oxygens (including phenoxy) is 1. The number of nitrogens with one attached hydrogen (secondary N) is 1. The van der Waals surface area contributed by atoms with Crippen molar-refractivity contribution >= 4 is 27.3 Å². The van der Waals surface area contributed by atoms with Crippen molar-refractivity contribution in [1.29, 1.82) is 0 Å². The van der Waals surface area contributed by atoms with Gasteiger partial charge in [0.2, 0.25) is 0 Å². The number of benzene rings is 1. The maximum Gasteiger partial charge on any atom is 0.132 e. The standard InChI is InChI=1S/C13H14BrFN2OS/c1-7-5-11(19-13(7)14)12(17-16)9-4-3-8(18-2)6-10(9)15/h3-6,12,17H,16H2,1-2H3. The summed E-state index contributed by atoms with van der Waals surface area (Å²) in [5.74, 6) is 5.72. The molecule has 102 valence electrons. The zero-order chi connectivity index (χ0) is 14.0. The van der Waals surface area contributed by atoms with Crippen molar-refractivity contribution in [2.45, 2.75) is 13.0 Å². The minimum absolute atomic E-state index is 0.343. The Morgan fingerprint density at radius 2 is 2.16 bits per heavy atom. The lowest BCUT2D eigenvalue weighted by molar-refractivity contribution is 0.410. The van der Waals surface area contributed by atoms with Crippen molar-refractivity contribution in [3.8, 4) is 5.75 Å². The van der Waals surface area contributed by atoms with Crippen LogP contribution in [0, 0.1) is 12.7 Å². The lowest BCUT2D eigenvalue weighted by Gasteiger charge is -2.16. The van der Waals surface area contributed by atoms with Crippen molar-refractivity contribution in [2.24, 2.45) is 5.84 Å². The third kappa shape index (κ3) is 2.97. The molecule has 1 aromatic heterocycles. The molecule has 0 saturated carbocycles. The van der Waals surface area contributed by atoms with Gasteiger partial charge in [-0.1, -0.05) is 6.07 Å². The molecule has 0 saturated heterocycles. The number of rotatable bonds is 4. The summed E-state index contributed by atoms with van der Waals surface area (Å²) in [7, 11) is 1.51. The Morgan fingerprint density at radius 3 is 2.63 bits per heavy atom. The number of halogens is 2. The molecule has 0 bridgehead atoms. The molecular formula is C13H14BrFN2OS. The van der Waals surface area contributed by atoms with Crippen LogP contribution in [0.1, 0.15) is 22.0 Å². The van der Waals surface area contributed by atoms with Crippen LogP contribution in [-0.2, 0) is 0 Å². The number of hydrogen-bond acceptors (Lipinski definition) is 4. The molecule has 1 unspecified atom stereocenters. The zero-order valence-electron chi connectivity index (χ0n) is 10.5. The molecule has 1 heterocycles. The average molecular weight is 345 g/mol. The molecule has 1 atom stereocenters. The van der Waals surface area contributed by atoms with Gasteiger partial charge in [-0.25, -0.2) is 9.82 Å². The molecule has 0 spiro atoms. The van der Waals surface area contributed by atoms with Crippen LogP contribution in [-0.4, -0.2) is 7.11 Å². The van der Waals surface area contributed by atoms with E-state index in [9.17, 15) is 4.39 Å². The summed E-state index contributed by atoms with van der Waals surface area (Å²) in [6, 6.07) is 6.37. The fourth-order valence-electron chi connectivity index (χ4n) is 1.82. The highest BCUT2D eigenvalue weighted by Gasteiger charge is 2.19. The quantitative estimate of drug-likeness (QED) is 0.658. The number of nitrogens with two attached hydrogens (primary N) is 1. The van der Waals surface area contributed by atoms with Crippen LogP contribution in [0.5, 0.6) is 5.75 Å². The number of methoxy groups -OCH3 is 1. The highest BCUT2D eigenvalue weighted by atomic mass is 79.9. The topological polar surface area (TPSA) is 47.3 Å². The molecule has 2 aromatic rings. The summed E-state index contributed by atoms with van der Waals surface area (Å²) in [4.78, 5) is 0.955. The highest BCUT2D eigenvalue weighted by molar-refractivity contribution is 9.11. The van der Waals surface area contributed by atoms with Crippen molar-refractivity contribution < 1.29 is 9.13 Å². The van der Waals surface area contributed by atoms with E-state index in [0.29, 0.717) is 11.3 Å². The highest BCUT2D eigenvalue weighted by Crippen LogP contribution is 2.35. The summed E-state index contributed by atoms with van der Waals surface area (Å²) in [5.41, 5.74) is 4.27. The average Bonchev–Trinajstić information content (AvgIpc) is 2.72. The molecule has 0 aliphatic carbocycles. The van der Waals surface area contributed by atoms with Gasteiger partial charge in [0.1, 0.15) is 11.6 Å². The van der Waals surface area contributed by atoms with E-state index in [-0.39, 0.29) is 11.9 Å². The van der Waals surface area contributed by atoms with Gasteiger partial charge in [0, 0.05) is 16.5 Å². The van der Waals surface area contributed by atoms with Gasteiger partial charge in [0.15, 0.2) is 0 Å². The summed E-state index contributed by atoms with van der Waals surface area (Å²) in [6.45, 7) is 1.99. The van der Waals surface area contributed by atoms with Gasteiger partial charge >= 0.3 is 0 Å². The van der Waals surface area contributed by atoms with Crippen LogP contribution in [0.15, 0.2) is 28.1 Å². The van der Waals surface area contributed by atoms with Crippen LogP contribution < -0.4 is 16.0 Å². The second-order valence-electron chi connectivity index (χ2n) is 4.09. The molecule has 2 rings (SSSR count). The first-order valence-corrected chi connectivity index (χ1v) is 7.23. The van der Waals surface area contributed by atoms with Gasteiger partial charge in [-0.05, 0) is 40.5 Å². The Hall–Kier alpha value is -0.950. The SMILES string of the molecule is COc1ccc(C(NN)c2cc(C)c(Br)s2)c(F)c1. The van der Waals surface area contributed by atoms with Gasteiger partial charge in [-0.3, -0.25) is 5.84 Å². The van der Waals surface area contributed by atoms with Crippen molar-refractivity contribution in [3.63, 3.8) is 0 Å². The molecule has 0 amide bonds. The second kappa shape index (κ2) is 6.00. The number of aryl methyl sites for hydroxylation is 1. The van der Waals surface area contributed by atoms with Crippen LogP contribution in [0.25, 0.3) is 0 Å². The maximum absolute atomic E-state index is 14.1. The van der Waals surface area contributed by atoms with E-state index in [0.717, 1.165) is 14.2 Å². The lowest BCUT2D eigenvalue weighted by atomic mass is 10.0. The van der Waals surface area contributed by atoms with Crippen LogP contribution >= 0.6 is 27.3 Å². The first-order valence-electron chi connectivity index (χ1n) is 5.62. The van der Waals surface area contributed by atoms with E-state index in [4.69, 9.17) is 10.6 Å². The summed E-state index contributed by atoms with van der Waals surface area (Å²) in [5, 5.41) is 0. The van der Waals surface area contributed by atoms with Gasteiger partial charge in [-0.2, -0.15) is 0 Å². The van der Waals surface area contributed by atoms with Gasteiger partial charge in [-0.15, -0.1) is 11.3 Å². The molecule has 6 heteroatoms.